The van der Waals surface area contributed by atoms with E-state index < -0.39 is 6.10 Å². The minimum absolute atomic E-state index is 0.0152. The minimum atomic E-state index is -0.402. The van der Waals surface area contributed by atoms with Crippen molar-refractivity contribution in [2.45, 2.75) is 12.1 Å². The maximum Gasteiger partial charge on any atom is 0.254 e. The van der Waals surface area contributed by atoms with Gasteiger partial charge in [-0.05, 0) is 0 Å². The van der Waals surface area contributed by atoms with Gasteiger partial charge in [-0.25, -0.2) is 0 Å². The van der Waals surface area contributed by atoms with Crippen molar-refractivity contribution in [1.29, 1.82) is 0 Å². The van der Waals surface area contributed by atoms with Crippen molar-refractivity contribution in [3.05, 3.63) is 0 Å². The molecule has 1 unspecified atom stereocenters. The van der Waals surface area contributed by atoms with Crippen LogP contribution in [0.3, 0.4) is 0 Å². The van der Waals surface area contributed by atoms with Gasteiger partial charge >= 0.3 is 0 Å². The SMILES string of the molecule is NC1CN(C(=O)C2COCCO2)C1. The highest BCUT2D eigenvalue weighted by molar-refractivity contribution is 5.82. The second-order valence-corrected chi connectivity index (χ2v) is 3.44. The summed E-state index contributed by atoms with van der Waals surface area (Å²) in [6.07, 6.45) is -0.402. The normalized spacial score (nSPS) is 29.9. The van der Waals surface area contributed by atoms with E-state index in [1.54, 1.807) is 4.90 Å². The molecule has 0 aromatic heterocycles. The van der Waals surface area contributed by atoms with Gasteiger partial charge in [0.15, 0.2) is 6.10 Å². The molecule has 2 rings (SSSR count). The number of likely N-dealkylation sites (tertiary alicyclic amines) is 1. The zero-order valence-electron chi connectivity index (χ0n) is 7.44. The molecule has 2 saturated heterocycles. The van der Waals surface area contributed by atoms with E-state index in [2.05, 4.69) is 0 Å². The van der Waals surface area contributed by atoms with Crippen LogP contribution in [0, 0.1) is 0 Å². The lowest BCUT2D eigenvalue weighted by molar-refractivity contribution is -0.162. The van der Waals surface area contributed by atoms with Gasteiger partial charge in [-0.2, -0.15) is 0 Å². The van der Waals surface area contributed by atoms with Gasteiger partial charge in [0.05, 0.1) is 19.8 Å². The molecule has 13 heavy (non-hydrogen) atoms. The van der Waals surface area contributed by atoms with Gasteiger partial charge in [-0.15, -0.1) is 0 Å². The van der Waals surface area contributed by atoms with E-state index in [1.807, 2.05) is 0 Å². The van der Waals surface area contributed by atoms with Gasteiger partial charge in [0.1, 0.15) is 0 Å². The van der Waals surface area contributed by atoms with E-state index in [-0.39, 0.29) is 11.9 Å². The van der Waals surface area contributed by atoms with Crippen molar-refractivity contribution in [2.75, 3.05) is 32.9 Å². The lowest BCUT2D eigenvalue weighted by atomic mass is 10.1. The fourth-order valence-electron chi connectivity index (χ4n) is 1.53. The molecule has 1 atom stereocenters. The molecular formula is C8H14N2O3. The molecule has 0 spiro atoms. The predicted octanol–water partition coefficient (Wildman–Crippen LogP) is -1.43. The van der Waals surface area contributed by atoms with E-state index in [0.29, 0.717) is 32.9 Å². The predicted molar refractivity (Wildman–Crippen MR) is 45.1 cm³/mol. The standard InChI is InChI=1S/C8H14N2O3/c9-6-3-10(4-6)8(11)7-5-12-1-2-13-7/h6-7H,1-5,9H2. The van der Waals surface area contributed by atoms with Crippen molar-refractivity contribution in [1.82, 2.24) is 4.90 Å². The molecule has 0 aromatic carbocycles. The highest BCUT2D eigenvalue weighted by Gasteiger charge is 2.34. The van der Waals surface area contributed by atoms with Crippen LogP contribution < -0.4 is 5.73 Å². The summed E-state index contributed by atoms with van der Waals surface area (Å²) in [4.78, 5) is 13.3. The van der Waals surface area contributed by atoms with Crippen LogP contribution in [0.1, 0.15) is 0 Å². The van der Waals surface area contributed by atoms with Crippen LogP contribution in [-0.4, -0.2) is 55.9 Å². The first-order valence-corrected chi connectivity index (χ1v) is 4.51. The zero-order valence-corrected chi connectivity index (χ0v) is 7.44. The molecule has 2 fully saturated rings. The Morgan fingerprint density at radius 3 is 2.69 bits per heavy atom. The number of amides is 1. The number of rotatable bonds is 1. The Balaban J connectivity index is 1.82. The molecule has 5 nitrogen and oxygen atoms in total. The molecule has 2 aliphatic heterocycles. The van der Waals surface area contributed by atoms with Crippen molar-refractivity contribution in [3.8, 4) is 0 Å². The summed E-state index contributed by atoms with van der Waals surface area (Å²) in [5, 5.41) is 0. The summed E-state index contributed by atoms with van der Waals surface area (Å²) in [5.41, 5.74) is 5.57. The Hall–Kier alpha value is -0.650. The van der Waals surface area contributed by atoms with Crippen LogP contribution >= 0.6 is 0 Å². The second-order valence-electron chi connectivity index (χ2n) is 3.44. The Morgan fingerprint density at radius 2 is 2.15 bits per heavy atom. The topological polar surface area (TPSA) is 64.8 Å². The van der Waals surface area contributed by atoms with Gasteiger partial charge in [0, 0.05) is 19.1 Å². The number of hydrogen-bond donors (Lipinski definition) is 1. The second kappa shape index (κ2) is 3.61. The van der Waals surface area contributed by atoms with E-state index in [1.165, 1.54) is 0 Å². The monoisotopic (exact) mass is 186 g/mol. The van der Waals surface area contributed by atoms with Crippen LogP contribution in [0.2, 0.25) is 0 Å². The number of carbonyl (C=O) groups excluding carboxylic acids is 1. The van der Waals surface area contributed by atoms with Crippen LogP contribution in [-0.2, 0) is 14.3 Å². The zero-order chi connectivity index (χ0) is 9.26. The van der Waals surface area contributed by atoms with Crippen LogP contribution in [0.25, 0.3) is 0 Å². The molecule has 0 saturated carbocycles. The van der Waals surface area contributed by atoms with Crippen LogP contribution in [0.5, 0.6) is 0 Å². The summed E-state index contributed by atoms with van der Waals surface area (Å²) in [5.74, 6) is 0.0152. The number of carbonyl (C=O) groups is 1. The molecular weight excluding hydrogens is 172 g/mol. The quantitative estimate of drug-likeness (QED) is 0.545. The molecule has 2 heterocycles. The third-order valence-corrected chi connectivity index (χ3v) is 2.31. The first-order valence-electron chi connectivity index (χ1n) is 4.51. The molecule has 0 aliphatic carbocycles. The Bertz CT molecular complexity index is 198. The molecule has 2 N–H and O–H groups in total. The number of hydrogen-bond acceptors (Lipinski definition) is 4. The van der Waals surface area contributed by atoms with Crippen molar-refractivity contribution < 1.29 is 14.3 Å². The fraction of sp³-hybridized carbons (Fsp3) is 0.875. The van der Waals surface area contributed by atoms with Gasteiger partial charge < -0.3 is 20.1 Å². The molecule has 74 valence electrons. The summed E-state index contributed by atoms with van der Waals surface area (Å²) in [7, 11) is 0. The van der Waals surface area contributed by atoms with Crippen molar-refractivity contribution in [2.24, 2.45) is 5.73 Å². The van der Waals surface area contributed by atoms with Crippen molar-refractivity contribution in [3.63, 3.8) is 0 Å². The van der Waals surface area contributed by atoms with Crippen LogP contribution in [0.15, 0.2) is 0 Å². The smallest absolute Gasteiger partial charge is 0.254 e. The Kier molecular flexibility index (Phi) is 2.48. The van der Waals surface area contributed by atoms with E-state index in [0.717, 1.165) is 0 Å². The van der Waals surface area contributed by atoms with Gasteiger partial charge in [-0.3, -0.25) is 4.79 Å². The first-order chi connectivity index (χ1) is 6.27. The van der Waals surface area contributed by atoms with E-state index >= 15 is 0 Å². The number of nitrogens with zero attached hydrogens (tertiary/aromatic N) is 1. The summed E-state index contributed by atoms with van der Waals surface area (Å²) in [6, 6.07) is 0.147. The average Bonchev–Trinajstić information content (AvgIpc) is 2.13. The van der Waals surface area contributed by atoms with E-state index in [4.69, 9.17) is 15.2 Å². The molecule has 1 amide bonds. The average molecular weight is 186 g/mol. The van der Waals surface area contributed by atoms with Gasteiger partial charge in [-0.1, -0.05) is 0 Å². The Labute approximate surface area is 76.8 Å². The summed E-state index contributed by atoms with van der Waals surface area (Å²) >= 11 is 0. The molecule has 5 heteroatoms. The third-order valence-electron chi connectivity index (χ3n) is 2.31. The lowest BCUT2D eigenvalue weighted by Gasteiger charge is -2.39. The molecule has 0 radical (unpaired) electrons. The highest BCUT2D eigenvalue weighted by Crippen LogP contribution is 2.11. The summed E-state index contributed by atoms with van der Waals surface area (Å²) in [6.45, 7) is 2.78. The number of ether oxygens (including phenoxy) is 2. The first kappa shape index (κ1) is 8.93. The number of nitrogens with two attached hydrogens (primary N) is 1. The maximum absolute atomic E-state index is 11.6. The third kappa shape index (κ3) is 1.82. The van der Waals surface area contributed by atoms with Crippen molar-refractivity contribution >= 4 is 5.91 Å². The van der Waals surface area contributed by atoms with Gasteiger partial charge in [0.25, 0.3) is 5.91 Å². The molecule has 0 aromatic rings. The molecule has 0 bridgehead atoms. The largest absolute Gasteiger partial charge is 0.376 e. The highest BCUT2D eigenvalue weighted by atomic mass is 16.6. The van der Waals surface area contributed by atoms with Gasteiger partial charge in [0.2, 0.25) is 0 Å². The molecule has 2 aliphatic rings. The summed E-state index contributed by atoms with van der Waals surface area (Å²) < 4.78 is 10.4. The maximum atomic E-state index is 11.6. The minimum Gasteiger partial charge on any atom is -0.376 e. The fourth-order valence-corrected chi connectivity index (χ4v) is 1.53. The Morgan fingerprint density at radius 1 is 1.38 bits per heavy atom. The van der Waals surface area contributed by atoms with Crippen LogP contribution in [0.4, 0.5) is 0 Å². The van der Waals surface area contributed by atoms with E-state index in [9.17, 15) is 4.79 Å². The lowest BCUT2D eigenvalue weighted by Crippen LogP contribution is -2.61.